The molecule has 0 N–H and O–H groups in total. The molecule has 0 aliphatic heterocycles. The van der Waals surface area contributed by atoms with Crippen LogP contribution in [0.25, 0.3) is 0 Å². The zero-order valence-electron chi connectivity index (χ0n) is 14.4. The van der Waals surface area contributed by atoms with Crippen LogP contribution in [0.15, 0.2) is 60.8 Å². The molecule has 0 aliphatic rings. The van der Waals surface area contributed by atoms with E-state index in [-0.39, 0.29) is 19.1 Å². The number of rotatable bonds is 7. The largest absolute Gasteiger partial charge is 0.459 e. The minimum Gasteiger partial charge on any atom is -0.459 e. The van der Waals surface area contributed by atoms with Crippen LogP contribution in [0.5, 0.6) is 0 Å². The number of ether oxygens (including phenoxy) is 1. The SMILES string of the molecule is CN(Cc1cn(CC(=O)OCc2ccc(Cl)cc2)nn1)c1ccccc1. The van der Waals surface area contributed by atoms with E-state index in [0.29, 0.717) is 11.6 Å². The van der Waals surface area contributed by atoms with E-state index in [4.69, 9.17) is 16.3 Å². The van der Waals surface area contributed by atoms with Crippen molar-refractivity contribution in [2.24, 2.45) is 0 Å². The molecule has 0 spiro atoms. The van der Waals surface area contributed by atoms with Crippen molar-refractivity contribution >= 4 is 23.3 Å². The van der Waals surface area contributed by atoms with Gasteiger partial charge in [0.1, 0.15) is 18.8 Å². The Hall–Kier alpha value is -2.86. The Balaban J connectivity index is 1.49. The van der Waals surface area contributed by atoms with E-state index in [1.807, 2.05) is 49.5 Å². The third-order valence-electron chi connectivity index (χ3n) is 3.79. The van der Waals surface area contributed by atoms with Crippen LogP contribution < -0.4 is 4.90 Å². The van der Waals surface area contributed by atoms with Gasteiger partial charge in [0.15, 0.2) is 0 Å². The van der Waals surface area contributed by atoms with E-state index < -0.39 is 0 Å². The maximum atomic E-state index is 12.0. The van der Waals surface area contributed by atoms with Gasteiger partial charge in [0.2, 0.25) is 0 Å². The number of halogens is 1. The van der Waals surface area contributed by atoms with Crippen molar-refractivity contribution in [1.29, 1.82) is 0 Å². The highest BCUT2D eigenvalue weighted by molar-refractivity contribution is 6.30. The molecule has 3 aromatic rings. The molecule has 2 aromatic carbocycles. The Morgan fingerprint density at radius 3 is 2.62 bits per heavy atom. The van der Waals surface area contributed by atoms with Gasteiger partial charge in [0, 0.05) is 17.8 Å². The molecule has 26 heavy (non-hydrogen) atoms. The van der Waals surface area contributed by atoms with E-state index in [1.54, 1.807) is 18.3 Å². The second-order valence-electron chi connectivity index (χ2n) is 5.89. The first-order chi connectivity index (χ1) is 12.6. The number of carbonyl (C=O) groups is 1. The quantitative estimate of drug-likeness (QED) is 0.597. The van der Waals surface area contributed by atoms with Crippen molar-refractivity contribution in [2.75, 3.05) is 11.9 Å². The molecule has 0 radical (unpaired) electrons. The zero-order chi connectivity index (χ0) is 18.4. The van der Waals surface area contributed by atoms with Gasteiger partial charge >= 0.3 is 5.97 Å². The smallest absolute Gasteiger partial charge is 0.328 e. The minimum atomic E-state index is -0.368. The van der Waals surface area contributed by atoms with Crippen LogP contribution in [0.2, 0.25) is 5.02 Å². The lowest BCUT2D eigenvalue weighted by molar-refractivity contribution is -0.145. The predicted octanol–water partition coefficient (Wildman–Crippen LogP) is 3.31. The Kier molecular flexibility index (Phi) is 5.86. The van der Waals surface area contributed by atoms with E-state index in [1.165, 1.54) is 4.68 Å². The second kappa shape index (κ2) is 8.49. The summed E-state index contributed by atoms with van der Waals surface area (Å²) in [7, 11) is 1.98. The van der Waals surface area contributed by atoms with Gasteiger partial charge in [-0.25, -0.2) is 4.68 Å². The Morgan fingerprint density at radius 1 is 1.15 bits per heavy atom. The summed E-state index contributed by atoms with van der Waals surface area (Å²) < 4.78 is 6.73. The first-order valence-corrected chi connectivity index (χ1v) is 8.53. The molecule has 0 fully saturated rings. The van der Waals surface area contributed by atoms with Crippen molar-refractivity contribution in [3.63, 3.8) is 0 Å². The Morgan fingerprint density at radius 2 is 1.88 bits per heavy atom. The fraction of sp³-hybridized carbons (Fsp3) is 0.211. The molecule has 0 unspecified atom stereocenters. The first-order valence-electron chi connectivity index (χ1n) is 8.15. The maximum Gasteiger partial charge on any atom is 0.328 e. The van der Waals surface area contributed by atoms with Crippen LogP contribution in [0.1, 0.15) is 11.3 Å². The highest BCUT2D eigenvalue weighted by Gasteiger charge is 2.09. The van der Waals surface area contributed by atoms with E-state index >= 15 is 0 Å². The molecule has 134 valence electrons. The minimum absolute atomic E-state index is 0.0235. The molecule has 0 aliphatic carbocycles. The summed E-state index contributed by atoms with van der Waals surface area (Å²) >= 11 is 5.83. The number of carbonyl (C=O) groups excluding carboxylic acids is 1. The summed E-state index contributed by atoms with van der Waals surface area (Å²) in [4.78, 5) is 14.0. The number of anilines is 1. The summed E-state index contributed by atoms with van der Waals surface area (Å²) in [6.45, 7) is 0.827. The van der Waals surface area contributed by atoms with Crippen LogP contribution in [-0.4, -0.2) is 28.0 Å². The average molecular weight is 371 g/mol. The Labute approximate surface area is 157 Å². The van der Waals surface area contributed by atoms with Crippen molar-refractivity contribution in [3.8, 4) is 0 Å². The summed E-state index contributed by atoms with van der Waals surface area (Å²) in [6.07, 6.45) is 1.75. The molecule has 1 aromatic heterocycles. The average Bonchev–Trinajstić information content (AvgIpc) is 3.08. The molecular formula is C19H19ClN4O2. The van der Waals surface area contributed by atoms with Gasteiger partial charge in [-0.05, 0) is 29.8 Å². The van der Waals surface area contributed by atoms with Crippen molar-refractivity contribution in [1.82, 2.24) is 15.0 Å². The van der Waals surface area contributed by atoms with Gasteiger partial charge in [-0.1, -0.05) is 47.1 Å². The molecule has 6 nitrogen and oxygen atoms in total. The highest BCUT2D eigenvalue weighted by atomic mass is 35.5. The summed E-state index contributed by atoms with van der Waals surface area (Å²) in [5, 5.41) is 8.75. The van der Waals surface area contributed by atoms with Gasteiger partial charge in [0.25, 0.3) is 0 Å². The van der Waals surface area contributed by atoms with Gasteiger partial charge in [-0.15, -0.1) is 5.10 Å². The molecule has 7 heteroatoms. The molecule has 0 bridgehead atoms. The fourth-order valence-electron chi connectivity index (χ4n) is 2.43. The van der Waals surface area contributed by atoms with Gasteiger partial charge < -0.3 is 9.64 Å². The van der Waals surface area contributed by atoms with Gasteiger partial charge in [0.05, 0.1) is 12.7 Å². The number of hydrogen-bond donors (Lipinski definition) is 0. The maximum absolute atomic E-state index is 12.0. The summed E-state index contributed by atoms with van der Waals surface area (Å²) in [5.74, 6) is -0.368. The monoisotopic (exact) mass is 370 g/mol. The predicted molar refractivity (Wildman–Crippen MR) is 99.8 cm³/mol. The molecule has 0 saturated carbocycles. The lowest BCUT2D eigenvalue weighted by atomic mass is 10.2. The summed E-state index contributed by atoms with van der Waals surface area (Å²) in [5.41, 5.74) is 2.75. The Bertz CT molecular complexity index is 849. The number of para-hydroxylation sites is 1. The second-order valence-corrected chi connectivity index (χ2v) is 6.32. The van der Waals surface area contributed by atoms with E-state index in [0.717, 1.165) is 16.9 Å². The number of benzene rings is 2. The van der Waals surface area contributed by atoms with E-state index in [2.05, 4.69) is 15.2 Å². The van der Waals surface area contributed by atoms with Crippen LogP contribution in [0.3, 0.4) is 0 Å². The lowest BCUT2D eigenvalue weighted by Gasteiger charge is -2.17. The van der Waals surface area contributed by atoms with E-state index in [9.17, 15) is 4.79 Å². The third-order valence-corrected chi connectivity index (χ3v) is 4.04. The highest BCUT2D eigenvalue weighted by Crippen LogP contribution is 2.13. The molecular weight excluding hydrogens is 352 g/mol. The molecule has 0 saturated heterocycles. The third kappa shape index (κ3) is 5.07. The summed E-state index contributed by atoms with van der Waals surface area (Å²) in [6, 6.07) is 17.2. The molecule has 0 amide bonds. The first kappa shape index (κ1) is 17.9. The molecule has 1 heterocycles. The van der Waals surface area contributed by atoms with Crippen molar-refractivity contribution < 1.29 is 9.53 Å². The van der Waals surface area contributed by atoms with Crippen LogP contribution in [-0.2, 0) is 29.2 Å². The number of esters is 1. The van der Waals surface area contributed by atoms with Crippen LogP contribution in [0, 0.1) is 0 Å². The van der Waals surface area contributed by atoms with Crippen molar-refractivity contribution in [2.45, 2.75) is 19.7 Å². The number of nitrogens with zero attached hydrogens (tertiary/aromatic N) is 4. The molecule has 0 atom stereocenters. The van der Waals surface area contributed by atoms with Crippen LogP contribution >= 0.6 is 11.6 Å². The fourth-order valence-corrected chi connectivity index (χ4v) is 2.55. The topological polar surface area (TPSA) is 60.2 Å². The van der Waals surface area contributed by atoms with Gasteiger partial charge in [-0.2, -0.15) is 0 Å². The normalized spacial score (nSPS) is 10.5. The lowest BCUT2D eigenvalue weighted by Crippen LogP contribution is -2.16. The van der Waals surface area contributed by atoms with Crippen LogP contribution in [0.4, 0.5) is 5.69 Å². The van der Waals surface area contributed by atoms with Gasteiger partial charge in [-0.3, -0.25) is 4.79 Å². The zero-order valence-corrected chi connectivity index (χ0v) is 15.1. The molecule has 3 rings (SSSR count). The number of hydrogen-bond acceptors (Lipinski definition) is 5. The standard InChI is InChI=1S/C19H19ClN4O2/c1-23(18-5-3-2-4-6-18)11-17-12-24(22-21-17)13-19(25)26-14-15-7-9-16(20)10-8-15/h2-10,12H,11,13-14H2,1H3. The number of aromatic nitrogens is 3. The van der Waals surface area contributed by atoms with Crippen molar-refractivity contribution in [3.05, 3.63) is 77.1 Å².